The van der Waals surface area contributed by atoms with E-state index in [0.29, 0.717) is 0 Å². The molecule has 3 rings (SSSR count). The Bertz CT molecular complexity index is 627. The van der Waals surface area contributed by atoms with E-state index in [9.17, 15) is 0 Å². The van der Waals surface area contributed by atoms with Crippen molar-refractivity contribution in [2.45, 2.75) is 18.9 Å². The normalized spacial score (nSPS) is 12.9. The van der Waals surface area contributed by atoms with Crippen LogP contribution in [0.1, 0.15) is 22.9 Å². The second kappa shape index (κ2) is 4.92. The maximum absolute atomic E-state index is 6.27. The Kier molecular flexibility index (Phi) is 3.13. The third kappa shape index (κ3) is 2.17. The lowest BCUT2D eigenvalue weighted by molar-refractivity contribution is 0.660. The summed E-state index contributed by atoms with van der Waals surface area (Å²) in [6.07, 6.45) is 5.82. The summed E-state index contributed by atoms with van der Waals surface area (Å²) in [4.78, 5) is 1.39. The van der Waals surface area contributed by atoms with Gasteiger partial charge in [-0.15, -0.1) is 11.3 Å². The molecule has 3 nitrogen and oxygen atoms in total. The minimum atomic E-state index is 0.0481. The molecule has 3 heterocycles. The van der Waals surface area contributed by atoms with Gasteiger partial charge in [0.25, 0.3) is 0 Å². The number of thiophene rings is 1. The summed E-state index contributed by atoms with van der Waals surface area (Å²) in [5, 5.41) is 6.43. The van der Waals surface area contributed by atoms with Crippen LogP contribution in [0, 0.1) is 0 Å². The fourth-order valence-electron chi connectivity index (χ4n) is 2.15. The second-order valence-electron chi connectivity index (χ2n) is 4.35. The van der Waals surface area contributed by atoms with Crippen LogP contribution in [0.4, 0.5) is 0 Å². The van der Waals surface area contributed by atoms with Gasteiger partial charge in [0, 0.05) is 22.7 Å². The van der Waals surface area contributed by atoms with Gasteiger partial charge in [-0.05, 0) is 36.4 Å². The van der Waals surface area contributed by atoms with E-state index in [2.05, 4.69) is 28.7 Å². The fourth-order valence-corrected chi connectivity index (χ4v) is 2.87. The molecule has 0 aliphatic rings. The second-order valence-corrected chi connectivity index (χ2v) is 5.39. The van der Waals surface area contributed by atoms with Gasteiger partial charge >= 0.3 is 0 Å². The van der Waals surface area contributed by atoms with Crippen LogP contribution in [0.2, 0.25) is 0 Å². The van der Waals surface area contributed by atoms with E-state index < -0.39 is 0 Å². The van der Waals surface area contributed by atoms with E-state index in [4.69, 9.17) is 5.73 Å². The highest BCUT2D eigenvalue weighted by atomic mass is 32.1. The Hall–Kier alpha value is -1.65. The van der Waals surface area contributed by atoms with Gasteiger partial charge in [0.05, 0.1) is 11.7 Å². The fraction of sp³-hybridized carbons (Fsp3) is 0.214. The Morgan fingerprint density at radius 3 is 3.06 bits per heavy atom. The number of nitrogens with two attached hydrogens (primary N) is 1. The summed E-state index contributed by atoms with van der Waals surface area (Å²) in [6, 6.07) is 10.3. The first kappa shape index (κ1) is 11.4. The predicted octanol–water partition coefficient (Wildman–Crippen LogP) is 3.03. The smallest absolute Gasteiger partial charge is 0.0709 e. The third-order valence-electron chi connectivity index (χ3n) is 3.14. The number of hydrogen-bond donors (Lipinski definition) is 1. The van der Waals surface area contributed by atoms with Gasteiger partial charge in [-0.25, -0.2) is 4.52 Å². The van der Waals surface area contributed by atoms with Crippen LogP contribution in [0.5, 0.6) is 0 Å². The predicted molar refractivity (Wildman–Crippen MR) is 74.8 cm³/mol. The molecule has 3 aromatic rings. The van der Waals surface area contributed by atoms with Crippen LogP contribution in [-0.2, 0) is 6.42 Å². The van der Waals surface area contributed by atoms with Gasteiger partial charge in [-0.1, -0.05) is 12.1 Å². The Morgan fingerprint density at radius 1 is 1.28 bits per heavy atom. The van der Waals surface area contributed by atoms with Crippen molar-refractivity contribution in [1.29, 1.82) is 0 Å². The summed E-state index contributed by atoms with van der Waals surface area (Å²) in [6.45, 7) is 0. The van der Waals surface area contributed by atoms with Crippen LogP contribution >= 0.6 is 11.3 Å². The zero-order chi connectivity index (χ0) is 12.4. The van der Waals surface area contributed by atoms with E-state index in [1.165, 1.54) is 4.88 Å². The van der Waals surface area contributed by atoms with E-state index in [-0.39, 0.29) is 6.04 Å². The van der Waals surface area contributed by atoms with Crippen LogP contribution in [0.15, 0.2) is 48.1 Å². The van der Waals surface area contributed by atoms with Crippen molar-refractivity contribution in [3.8, 4) is 0 Å². The average molecular weight is 257 g/mol. The molecule has 0 amide bonds. The van der Waals surface area contributed by atoms with Crippen molar-refractivity contribution in [2.75, 3.05) is 0 Å². The van der Waals surface area contributed by atoms with Gasteiger partial charge in [0.1, 0.15) is 0 Å². The zero-order valence-electron chi connectivity index (χ0n) is 9.99. The number of aryl methyl sites for hydroxylation is 1. The first-order valence-electron chi connectivity index (χ1n) is 6.05. The molecule has 0 saturated heterocycles. The average Bonchev–Trinajstić information content (AvgIpc) is 3.05. The molecule has 1 atom stereocenters. The molecule has 4 heteroatoms. The molecule has 2 N–H and O–H groups in total. The molecule has 18 heavy (non-hydrogen) atoms. The summed E-state index contributed by atoms with van der Waals surface area (Å²) in [5.74, 6) is 0. The quantitative estimate of drug-likeness (QED) is 0.780. The minimum Gasteiger partial charge on any atom is -0.324 e. The molecule has 1 unspecified atom stereocenters. The molecule has 0 radical (unpaired) electrons. The maximum atomic E-state index is 6.27. The number of hydrogen-bond acceptors (Lipinski definition) is 3. The lowest BCUT2D eigenvalue weighted by Gasteiger charge is -2.09. The van der Waals surface area contributed by atoms with Crippen LogP contribution < -0.4 is 5.73 Å². The van der Waals surface area contributed by atoms with Crippen molar-refractivity contribution >= 4 is 16.9 Å². The maximum Gasteiger partial charge on any atom is 0.0709 e. The zero-order valence-corrected chi connectivity index (χ0v) is 10.8. The first-order chi connectivity index (χ1) is 8.84. The van der Waals surface area contributed by atoms with E-state index in [0.717, 1.165) is 23.9 Å². The monoisotopic (exact) mass is 257 g/mol. The SMILES string of the molecule is NC(CCc1cccs1)c1cnn2ccccc12. The van der Waals surface area contributed by atoms with E-state index in [1.807, 2.05) is 29.0 Å². The van der Waals surface area contributed by atoms with Crippen LogP contribution in [-0.4, -0.2) is 9.61 Å². The molecule has 0 saturated carbocycles. The number of pyridine rings is 1. The lowest BCUT2D eigenvalue weighted by atomic mass is 10.0. The Morgan fingerprint density at radius 2 is 2.22 bits per heavy atom. The summed E-state index contributed by atoms with van der Waals surface area (Å²) in [5.41, 5.74) is 8.51. The van der Waals surface area contributed by atoms with Gasteiger partial charge in [0.15, 0.2) is 0 Å². The van der Waals surface area contributed by atoms with Gasteiger partial charge in [0.2, 0.25) is 0 Å². The molecular weight excluding hydrogens is 242 g/mol. The summed E-state index contributed by atoms with van der Waals surface area (Å²) in [7, 11) is 0. The van der Waals surface area contributed by atoms with E-state index >= 15 is 0 Å². The highest BCUT2D eigenvalue weighted by Gasteiger charge is 2.12. The van der Waals surface area contributed by atoms with Crippen molar-refractivity contribution in [3.63, 3.8) is 0 Å². The molecular formula is C14H15N3S. The number of nitrogens with zero attached hydrogens (tertiary/aromatic N) is 2. The minimum absolute atomic E-state index is 0.0481. The van der Waals surface area contributed by atoms with Gasteiger partial charge in [-0.3, -0.25) is 0 Å². The topological polar surface area (TPSA) is 43.3 Å². The number of fused-ring (bicyclic) bond motifs is 1. The molecule has 0 spiro atoms. The van der Waals surface area contributed by atoms with Crippen LogP contribution in [0.3, 0.4) is 0 Å². The lowest BCUT2D eigenvalue weighted by Crippen LogP contribution is -2.10. The third-order valence-corrected chi connectivity index (χ3v) is 4.07. The molecule has 92 valence electrons. The number of rotatable bonds is 4. The van der Waals surface area contributed by atoms with Gasteiger partial charge < -0.3 is 5.73 Å². The van der Waals surface area contributed by atoms with Crippen molar-refractivity contribution in [2.24, 2.45) is 5.73 Å². The Balaban J connectivity index is 1.77. The van der Waals surface area contributed by atoms with Crippen molar-refractivity contribution < 1.29 is 0 Å². The highest BCUT2D eigenvalue weighted by molar-refractivity contribution is 7.09. The molecule has 0 aromatic carbocycles. The Labute approximate surface area is 110 Å². The first-order valence-corrected chi connectivity index (χ1v) is 6.93. The summed E-state index contributed by atoms with van der Waals surface area (Å²) < 4.78 is 1.88. The van der Waals surface area contributed by atoms with Crippen molar-refractivity contribution in [1.82, 2.24) is 9.61 Å². The van der Waals surface area contributed by atoms with Crippen molar-refractivity contribution in [3.05, 3.63) is 58.5 Å². The largest absolute Gasteiger partial charge is 0.324 e. The highest BCUT2D eigenvalue weighted by Crippen LogP contribution is 2.22. The standard InChI is InChI=1S/C14H15N3S/c15-13(7-6-11-4-3-9-18-11)12-10-16-17-8-2-1-5-14(12)17/h1-5,8-10,13H,6-7,15H2. The number of aromatic nitrogens is 2. The van der Waals surface area contributed by atoms with Gasteiger partial charge in [-0.2, -0.15) is 5.10 Å². The molecule has 0 bridgehead atoms. The summed E-state index contributed by atoms with van der Waals surface area (Å²) >= 11 is 1.79. The molecule has 0 fully saturated rings. The molecule has 3 aromatic heterocycles. The molecule has 0 aliphatic carbocycles. The van der Waals surface area contributed by atoms with Crippen LogP contribution in [0.25, 0.3) is 5.52 Å². The van der Waals surface area contributed by atoms with E-state index in [1.54, 1.807) is 11.3 Å². The molecule has 0 aliphatic heterocycles.